The maximum atomic E-state index is 5.48. The molecule has 1 aromatic carbocycles. The number of benzene rings is 1. The molecular formula is C15H24BrNO2. The Labute approximate surface area is 124 Å². The Morgan fingerprint density at radius 2 is 2.00 bits per heavy atom. The van der Waals surface area contributed by atoms with E-state index in [0.29, 0.717) is 0 Å². The molecule has 0 bridgehead atoms. The summed E-state index contributed by atoms with van der Waals surface area (Å²) in [5, 5.41) is 3.37. The third kappa shape index (κ3) is 4.79. The molecule has 1 unspecified atom stereocenters. The zero-order valence-electron chi connectivity index (χ0n) is 12.4. The van der Waals surface area contributed by atoms with Gasteiger partial charge in [-0.3, -0.25) is 0 Å². The van der Waals surface area contributed by atoms with Crippen LogP contribution < -0.4 is 10.1 Å². The van der Waals surface area contributed by atoms with E-state index >= 15 is 0 Å². The molecule has 0 saturated heterocycles. The highest BCUT2D eigenvalue weighted by Crippen LogP contribution is 2.31. The fourth-order valence-corrected chi connectivity index (χ4v) is 2.49. The van der Waals surface area contributed by atoms with Crippen molar-refractivity contribution in [2.75, 3.05) is 21.3 Å². The molecule has 0 aliphatic heterocycles. The van der Waals surface area contributed by atoms with Crippen LogP contribution in [0.5, 0.6) is 5.75 Å². The highest BCUT2D eigenvalue weighted by molar-refractivity contribution is 9.10. The molecule has 0 aliphatic carbocycles. The minimum atomic E-state index is -0.0968. The Morgan fingerprint density at radius 3 is 2.53 bits per heavy atom. The van der Waals surface area contributed by atoms with E-state index in [2.05, 4.69) is 41.2 Å². The third-order valence-corrected chi connectivity index (χ3v) is 4.24. The van der Waals surface area contributed by atoms with Gasteiger partial charge in [0.05, 0.1) is 12.7 Å². The lowest BCUT2D eigenvalue weighted by molar-refractivity contribution is 0.0118. The fourth-order valence-electron chi connectivity index (χ4n) is 1.97. The topological polar surface area (TPSA) is 30.5 Å². The summed E-state index contributed by atoms with van der Waals surface area (Å²) in [6.45, 7) is 4.22. The molecule has 108 valence electrons. The molecule has 1 aromatic rings. The Morgan fingerprint density at radius 1 is 1.32 bits per heavy atom. The van der Waals surface area contributed by atoms with Gasteiger partial charge in [-0.2, -0.15) is 0 Å². The van der Waals surface area contributed by atoms with Crippen LogP contribution in [-0.4, -0.2) is 26.9 Å². The summed E-state index contributed by atoms with van der Waals surface area (Å²) in [5.41, 5.74) is 1.12. The van der Waals surface area contributed by atoms with Crippen molar-refractivity contribution in [1.29, 1.82) is 0 Å². The van der Waals surface area contributed by atoms with Crippen molar-refractivity contribution in [2.24, 2.45) is 0 Å². The van der Waals surface area contributed by atoms with Gasteiger partial charge < -0.3 is 14.8 Å². The number of nitrogens with one attached hydrogen (secondary N) is 1. The molecule has 1 rings (SSSR count). The quantitative estimate of drug-likeness (QED) is 0.822. The monoisotopic (exact) mass is 329 g/mol. The maximum Gasteiger partial charge on any atom is 0.119 e. The summed E-state index contributed by atoms with van der Waals surface area (Å²) in [6, 6.07) is 6.34. The lowest BCUT2D eigenvalue weighted by Gasteiger charge is -2.26. The van der Waals surface area contributed by atoms with E-state index in [1.54, 1.807) is 14.2 Å². The van der Waals surface area contributed by atoms with E-state index in [4.69, 9.17) is 9.47 Å². The van der Waals surface area contributed by atoms with Crippen LogP contribution in [-0.2, 0) is 4.74 Å². The SMILES string of the molecule is CNC(CCC(C)(C)OC)c1cc(OC)ccc1Br. The van der Waals surface area contributed by atoms with Crippen molar-refractivity contribution < 1.29 is 9.47 Å². The van der Waals surface area contributed by atoms with Gasteiger partial charge in [0.2, 0.25) is 0 Å². The zero-order valence-corrected chi connectivity index (χ0v) is 14.0. The van der Waals surface area contributed by atoms with E-state index in [1.165, 1.54) is 5.56 Å². The standard InChI is InChI=1S/C15H24BrNO2/c1-15(2,19-5)9-8-14(17-3)12-10-11(18-4)6-7-13(12)16/h6-7,10,14,17H,8-9H2,1-5H3. The third-order valence-electron chi connectivity index (χ3n) is 3.51. The van der Waals surface area contributed by atoms with Crippen LogP contribution in [0.25, 0.3) is 0 Å². The van der Waals surface area contributed by atoms with Gasteiger partial charge in [-0.05, 0) is 57.5 Å². The van der Waals surface area contributed by atoms with Crippen LogP contribution in [0.3, 0.4) is 0 Å². The minimum Gasteiger partial charge on any atom is -0.497 e. The van der Waals surface area contributed by atoms with Crippen LogP contribution in [0, 0.1) is 0 Å². The van der Waals surface area contributed by atoms with Crippen molar-refractivity contribution in [3.8, 4) is 5.75 Å². The fraction of sp³-hybridized carbons (Fsp3) is 0.600. The lowest BCUT2D eigenvalue weighted by atomic mass is 9.95. The van der Waals surface area contributed by atoms with Gasteiger partial charge in [0.15, 0.2) is 0 Å². The largest absolute Gasteiger partial charge is 0.497 e. The van der Waals surface area contributed by atoms with Crippen molar-refractivity contribution >= 4 is 15.9 Å². The average Bonchev–Trinajstić information content (AvgIpc) is 2.41. The van der Waals surface area contributed by atoms with Gasteiger partial charge >= 0.3 is 0 Å². The van der Waals surface area contributed by atoms with Crippen molar-refractivity contribution in [1.82, 2.24) is 5.32 Å². The molecular weight excluding hydrogens is 306 g/mol. The molecule has 0 radical (unpaired) electrons. The molecule has 0 heterocycles. The van der Waals surface area contributed by atoms with Gasteiger partial charge in [0, 0.05) is 17.6 Å². The molecule has 0 fully saturated rings. The number of hydrogen-bond donors (Lipinski definition) is 1. The highest BCUT2D eigenvalue weighted by atomic mass is 79.9. The number of rotatable bonds is 7. The van der Waals surface area contributed by atoms with Gasteiger partial charge in [0.25, 0.3) is 0 Å². The maximum absolute atomic E-state index is 5.48. The summed E-state index contributed by atoms with van der Waals surface area (Å²) in [7, 11) is 5.43. The van der Waals surface area contributed by atoms with Gasteiger partial charge in [-0.1, -0.05) is 15.9 Å². The summed E-state index contributed by atoms with van der Waals surface area (Å²) < 4.78 is 11.9. The minimum absolute atomic E-state index is 0.0968. The van der Waals surface area contributed by atoms with Gasteiger partial charge in [-0.15, -0.1) is 0 Å². The molecule has 3 nitrogen and oxygen atoms in total. The van der Waals surface area contributed by atoms with Crippen LogP contribution in [0.15, 0.2) is 22.7 Å². The Hall–Kier alpha value is -0.580. The highest BCUT2D eigenvalue weighted by Gasteiger charge is 2.21. The second kappa shape index (κ2) is 7.27. The molecule has 1 atom stereocenters. The van der Waals surface area contributed by atoms with E-state index < -0.39 is 0 Å². The first-order valence-electron chi connectivity index (χ1n) is 6.49. The average molecular weight is 330 g/mol. The molecule has 0 aromatic heterocycles. The number of hydrogen-bond acceptors (Lipinski definition) is 3. The lowest BCUT2D eigenvalue weighted by Crippen LogP contribution is -2.26. The predicted octanol–water partition coefficient (Wildman–Crippen LogP) is 3.92. The van der Waals surface area contributed by atoms with Gasteiger partial charge in [-0.25, -0.2) is 0 Å². The van der Waals surface area contributed by atoms with Crippen molar-refractivity contribution in [3.05, 3.63) is 28.2 Å². The van der Waals surface area contributed by atoms with E-state index in [0.717, 1.165) is 23.1 Å². The van der Waals surface area contributed by atoms with Crippen LogP contribution in [0.2, 0.25) is 0 Å². The number of halogens is 1. The number of ether oxygens (including phenoxy) is 2. The summed E-state index contributed by atoms with van der Waals surface area (Å²) in [6.07, 6.45) is 1.99. The second-order valence-electron chi connectivity index (χ2n) is 5.23. The van der Waals surface area contributed by atoms with Crippen LogP contribution in [0.4, 0.5) is 0 Å². The van der Waals surface area contributed by atoms with E-state index in [9.17, 15) is 0 Å². The summed E-state index contributed by atoms with van der Waals surface area (Å²) >= 11 is 3.61. The Kier molecular flexibility index (Phi) is 6.30. The van der Waals surface area contributed by atoms with Gasteiger partial charge in [0.1, 0.15) is 5.75 Å². The molecule has 0 amide bonds. The van der Waals surface area contributed by atoms with E-state index in [-0.39, 0.29) is 11.6 Å². The Balaban J connectivity index is 2.85. The molecule has 0 spiro atoms. The summed E-state index contributed by atoms with van der Waals surface area (Å²) in [5.74, 6) is 0.879. The first kappa shape index (κ1) is 16.5. The molecule has 1 N–H and O–H groups in total. The summed E-state index contributed by atoms with van der Waals surface area (Å²) in [4.78, 5) is 0. The van der Waals surface area contributed by atoms with E-state index in [1.807, 2.05) is 19.2 Å². The first-order chi connectivity index (χ1) is 8.93. The first-order valence-corrected chi connectivity index (χ1v) is 7.28. The molecule has 19 heavy (non-hydrogen) atoms. The molecule has 0 saturated carbocycles. The smallest absolute Gasteiger partial charge is 0.119 e. The van der Waals surface area contributed by atoms with Crippen LogP contribution >= 0.6 is 15.9 Å². The zero-order chi connectivity index (χ0) is 14.5. The van der Waals surface area contributed by atoms with Crippen LogP contribution in [0.1, 0.15) is 38.3 Å². The molecule has 4 heteroatoms. The normalized spacial score (nSPS) is 13.4. The molecule has 0 aliphatic rings. The van der Waals surface area contributed by atoms with Crippen molar-refractivity contribution in [3.63, 3.8) is 0 Å². The predicted molar refractivity (Wildman–Crippen MR) is 82.8 cm³/mol. The number of methoxy groups -OCH3 is 2. The Bertz CT molecular complexity index is 407. The van der Waals surface area contributed by atoms with Crippen molar-refractivity contribution in [2.45, 2.75) is 38.3 Å². The second-order valence-corrected chi connectivity index (χ2v) is 6.09.